The van der Waals surface area contributed by atoms with Gasteiger partial charge in [0.25, 0.3) is 0 Å². The number of halogens is 1. The number of hydrogen-bond donors (Lipinski definition) is 2. The Morgan fingerprint density at radius 3 is 3.00 bits per heavy atom. The van der Waals surface area contributed by atoms with E-state index in [1.807, 2.05) is 19.1 Å². The fourth-order valence-electron chi connectivity index (χ4n) is 1.60. The number of thiazole rings is 1. The maximum atomic E-state index is 5.59. The second-order valence-electron chi connectivity index (χ2n) is 3.65. The van der Waals surface area contributed by atoms with Gasteiger partial charge in [-0.25, -0.2) is 4.98 Å². The molecule has 2 rings (SSSR count). The molecule has 0 aliphatic heterocycles. The molecular formula is C11H13BrN4S. The normalized spacial score (nSPS) is 12.6. The quantitative estimate of drug-likeness (QED) is 0.672. The van der Waals surface area contributed by atoms with Gasteiger partial charge in [-0.3, -0.25) is 16.3 Å². The predicted octanol–water partition coefficient (Wildman–Crippen LogP) is 2.36. The fourth-order valence-corrected chi connectivity index (χ4v) is 2.76. The van der Waals surface area contributed by atoms with Gasteiger partial charge in [0.15, 0.2) is 0 Å². The highest BCUT2D eigenvalue weighted by atomic mass is 79.9. The third-order valence-corrected chi connectivity index (χ3v) is 3.89. The highest BCUT2D eigenvalue weighted by Crippen LogP contribution is 2.23. The Hall–Kier alpha value is -0.820. The number of nitrogens with zero attached hydrogens (tertiary/aromatic N) is 2. The van der Waals surface area contributed by atoms with Crippen molar-refractivity contribution in [2.45, 2.75) is 19.4 Å². The molecule has 0 aliphatic rings. The van der Waals surface area contributed by atoms with E-state index in [0.717, 1.165) is 27.3 Å². The first kappa shape index (κ1) is 12.6. The van der Waals surface area contributed by atoms with Crippen molar-refractivity contribution >= 4 is 27.3 Å². The summed E-state index contributed by atoms with van der Waals surface area (Å²) in [4.78, 5) is 8.77. The summed E-state index contributed by atoms with van der Waals surface area (Å²) in [7, 11) is 0. The van der Waals surface area contributed by atoms with E-state index in [1.165, 1.54) is 0 Å². The molecule has 0 saturated carbocycles. The smallest absolute Gasteiger partial charge is 0.0897 e. The predicted molar refractivity (Wildman–Crippen MR) is 72.6 cm³/mol. The Kier molecular flexibility index (Phi) is 4.22. The van der Waals surface area contributed by atoms with Crippen LogP contribution in [0.4, 0.5) is 0 Å². The molecule has 0 bridgehead atoms. The lowest BCUT2D eigenvalue weighted by molar-refractivity contribution is 0.531. The molecule has 0 fully saturated rings. The third kappa shape index (κ3) is 3.10. The summed E-state index contributed by atoms with van der Waals surface area (Å²) in [6, 6.07) is 3.81. The molecule has 0 amide bonds. The zero-order valence-electron chi connectivity index (χ0n) is 9.35. The number of aryl methyl sites for hydroxylation is 1. The molecule has 2 heterocycles. The van der Waals surface area contributed by atoms with Gasteiger partial charge in [-0.1, -0.05) is 0 Å². The van der Waals surface area contributed by atoms with Crippen molar-refractivity contribution in [3.8, 4) is 0 Å². The lowest BCUT2D eigenvalue weighted by Gasteiger charge is -2.15. The van der Waals surface area contributed by atoms with Gasteiger partial charge < -0.3 is 0 Å². The van der Waals surface area contributed by atoms with Crippen molar-refractivity contribution in [2.24, 2.45) is 5.84 Å². The Bertz CT molecular complexity index is 500. The lowest BCUT2D eigenvalue weighted by atomic mass is 10.1. The van der Waals surface area contributed by atoms with E-state index in [2.05, 4.69) is 36.7 Å². The first-order chi connectivity index (χ1) is 8.20. The summed E-state index contributed by atoms with van der Waals surface area (Å²) in [5.74, 6) is 5.59. The highest BCUT2D eigenvalue weighted by Gasteiger charge is 2.16. The molecule has 1 atom stereocenters. The van der Waals surface area contributed by atoms with Crippen molar-refractivity contribution in [1.29, 1.82) is 0 Å². The van der Waals surface area contributed by atoms with Gasteiger partial charge in [0.2, 0.25) is 0 Å². The zero-order valence-corrected chi connectivity index (χ0v) is 11.8. The van der Waals surface area contributed by atoms with Gasteiger partial charge in [-0.15, -0.1) is 11.3 Å². The monoisotopic (exact) mass is 312 g/mol. The minimum atomic E-state index is -0.0351. The number of hydrogen-bond acceptors (Lipinski definition) is 5. The molecule has 0 saturated heterocycles. The van der Waals surface area contributed by atoms with E-state index in [1.54, 1.807) is 17.5 Å². The Morgan fingerprint density at radius 1 is 1.59 bits per heavy atom. The van der Waals surface area contributed by atoms with Crippen LogP contribution in [-0.2, 0) is 6.42 Å². The van der Waals surface area contributed by atoms with E-state index >= 15 is 0 Å². The van der Waals surface area contributed by atoms with Crippen LogP contribution in [0.2, 0.25) is 0 Å². The van der Waals surface area contributed by atoms with Crippen LogP contribution in [0, 0.1) is 6.92 Å². The molecule has 1 unspecified atom stereocenters. The summed E-state index contributed by atoms with van der Waals surface area (Å²) in [6.45, 7) is 2.00. The molecule has 4 nitrogen and oxygen atoms in total. The lowest BCUT2D eigenvalue weighted by Crippen LogP contribution is -2.30. The second-order valence-corrected chi connectivity index (χ2v) is 5.57. The minimum absolute atomic E-state index is 0.0351. The third-order valence-electron chi connectivity index (χ3n) is 2.40. The van der Waals surface area contributed by atoms with Crippen molar-refractivity contribution < 1.29 is 0 Å². The molecule has 0 radical (unpaired) electrons. The average molecular weight is 313 g/mol. The summed E-state index contributed by atoms with van der Waals surface area (Å²) in [6.07, 6.45) is 2.49. The molecular weight excluding hydrogens is 300 g/mol. The van der Waals surface area contributed by atoms with Gasteiger partial charge in [-0.2, -0.15) is 0 Å². The topological polar surface area (TPSA) is 63.8 Å². The number of pyridine rings is 1. The van der Waals surface area contributed by atoms with Crippen LogP contribution in [0.1, 0.15) is 22.4 Å². The van der Waals surface area contributed by atoms with Crippen LogP contribution in [0.25, 0.3) is 0 Å². The molecule has 6 heteroatoms. The molecule has 90 valence electrons. The summed E-state index contributed by atoms with van der Waals surface area (Å²) in [5.41, 5.74) is 4.73. The average Bonchev–Trinajstić information content (AvgIpc) is 2.73. The number of nitrogens with two attached hydrogens (primary N) is 1. The second kappa shape index (κ2) is 5.68. The van der Waals surface area contributed by atoms with E-state index in [0.29, 0.717) is 0 Å². The van der Waals surface area contributed by atoms with E-state index < -0.39 is 0 Å². The minimum Gasteiger partial charge on any atom is -0.271 e. The Balaban J connectivity index is 2.20. The molecule has 2 aromatic rings. The van der Waals surface area contributed by atoms with E-state index in [4.69, 9.17) is 5.84 Å². The maximum Gasteiger partial charge on any atom is 0.0897 e. The van der Waals surface area contributed by atoms with Crippen LogP contribution in [0.5, 0.6) is 0 Å². The Labute approximate surface area is 112 Å². The van der Waals surface area contributed by atoms with Crippen molar-refractivity contribution in [3.05, 3.63) is 44.6 Å². The van der Waals surface area contributed by atoms with E-state index in [9.17, 15) is 0 Å². The van der Waals surface area contributed by atoms with E-state index in [-0.39, 0.29) is 6.04 Å². The fraction of sp³-hybridized carbons (Fsp3) is 0.273. The summed E-state index contributed by atoms with van der Waals surface area (Å²) in [5, 5.41) is 3.12. The van der Waals surface area contributed by atoms with Gasteiger partial charge in [-0.05, 0) is 35.0 Å². The summed E-state index contributed by atoms with van der Waals surface area (Å²) < 4.78 is 0.954. The molecule has 2 aromatic heterocycles. The Morgan fingerprint density at radius 2 is 2.41 bits per heavy atom. The number of aromatic nitrogens is 2. The van der Waals surface area contributed by atoms with Crippen LogP contribution in [-0.4, -0.2) is 9.97 Å². The van der Waals surface area contributed by atoms with Gasteiger partial charge in [0.1, 0.15) is 0 Å². The van der Waals surface area contributed by atoms with Crippen LogP contribution in [0.3, 0.4) is 0 Å². The standard InChI is InChI=1S/C11H13BrN4S/c1-7-15-8(6-17-7)5-10(16-13)11-9(12)3-2-4-14-11/h2-4,6,10,16H,5,13H2,1H3. The molecule has 17 heavy (non-hydrogen) atoms. The first-order valence-electron chi connectivity index (χ1n) is 5.18. The molecule has 0 aliphatic carbocycles. The number of hydrazine groups is 1. The number of nitrogens with one attached hydrogen (secondary N) is 1. The molecule has 3 N–H and O–H groups in total. The van der Waals surface area contributed by atoms with Gasteiger partial charge in [0.05, 0.1) is 22.4 Å². The highest BCUT2D eigenvalue weighted by molar-refractivity contribution is 9.10. The molecule has 0 spiro atoms. The first-order valence-corrected chi connectivity index (χ1v) is 6.85. The largest absolute Gasteiger partial charge is 0.271 e. The summed E-state index contributed by atoms with van der Waals surface area (Å²) >= 11 is 5.12. The zero-order chi connectivity index (χ0) is 12.3. The molecule has 0 aromatic carbocycles. The van der Waals surface area contributed by atoms with Crippen molar-refractivity contribution in [2.75, 3.05) is 0 Å². The van der Waals surface area contributed by atoms with Gasteiger partial charge >= 0.3 is 0 Å². The van der Waals surface area contributed by atoms with Crippen LogP contribution >= 0.6 is 27.3 Å². The van der Waals surface area contributed by atoms with Crippen LogP contribution in [0.15, 0.2) is 28.2 Å². The number of rotatable bonds is 4. The van der Waals surface area contributed by atoms with Crippen LogP contribution < -0.4 is 11.3 Å². The SMILES string of the molecule is Cc1nc(CC(NN)c2ncccc2Br)cs1. The van der Waals surface area contributed by atoms with Crippen molar-refractivity contribution in [3.63, 3.8) is 0 Å². The van der Waals surface area contributed by atoms with Crippen molar-refractivity contribution in [1.82, 2.24) is 15.4 Å². The van der Waals surface area contributed by atoms with Gasteiger partial charge in [0, 0.05) is 22.5 Å². The maximum absolute atomic E-state index is 5.59.